The number of aryl methyl sites for hydroxylation is 1. The van der Waals surface area contributed by atoms with Crippen LogP contribution in [0.4, 0.5) is 5.69 Å². The number of H-pyrrole nitrogens is 1. The lowest BCUT2D eigenvalue weighted by atomic mass is 10.1. The van der Waals surface area contributed by atoms with Gasteiger partial charge in [-0.15, -0.1) is 4.83 Å². The van der Waals surface area contributed by atoms with Gasteiger partial charge in [0.05, 0.1) is 10.6 Å². The Morgan fingerprint density at radius 3 is 2.52 bits per heavy atom. The molecule has 1 unspecified atom stereocenters. The molecule has 10 heteroatoms. The molecular weight excluding hydrogens is 430 g/mol. The van der Waals surface area contributed by atoms with Gasteiger partial charge in [0.25, 0.3) is 10.0 Å². The molecule has 7 nitrogen and oxygen atoms in total. The zero-order valence-electron chi connectivity index (χ0n) is 12.9. The number of aromatic amines is 1. The largest absolute Gasteiger partial charge is 0.759 e. The van der Waals surface area contributed by atoms with Gasteiger partial charge in [0.2, 0.25) is 0 Å². The molecular formula is C15H13BrN3O4S2-. The maximum Gasteiger partial charge on any atom is 0.278 e. The van der Waals surface area contributed by atoms with E-state index >= 15 is 0 Å². The molecule has 2 N–H and O–H groups in total. The quantitative estimate of drug-likeness (QED) is 0.467. The Morgan fingerprint density at radius 2 is 1.88 bits per heavy atom. The third-order valence-corrected chi connectivity index (χ3v) is 6.31. The molecule has 0 saturated heterocycles. The lowest BCUT2D eigenvalue weighted by Crippen LogP contribution is -2.44. The van der Waals surface area contributed by atoms with Crippen molar-refractivity contribution in [1.82, 2.24) is 9.82 Å². The van der Waals surface area contributed by atoms with E-state index in [-0.39, 0.29) is 10.6 Å². The van der Waals surface area contributed by atoms with E-state index in [4.69, 9.17) is 0 Å². The van der Waals surface area contributed by atoms with Gasteiger partial charge in [-0.3, -0.25) is 4.21 Å². The lowest BCUT2D eigenvalue weighted by molar-refractivity contribution is 0.521. The SMILES string of the molecule is Cc1ccc2[nH]cc(Br)c2c1N(NS(=O)[O-])S(=O)(=O)c1ccccc1. The molecule has 0 bridgehead atoms. The van der Waals surface area contributed by atoms with Crippen LogP contribution in [0.25, 0.3) is 10.9 Å². The monoisotopic (exact) mass is 442 g/mol. The van der Waals surface area contributed by atoms with Crippen molar-refractivity contribution in [3.8, 4) is 0 Å². The standard InChI is InChI=1S/C15H14BrN3O4S2/c1-10-7-8-13-14(12(16)9-17-13)15(10)19(18-24(20)21)25(22,23)11-5-3-2-4-6-11/h2-9,17-18H,1H3,(H,20,21)/p-1. The van der Waals surface area contributed by atoms with Gasteiger partial charge in [-0.05, 0) is 46.6 Å². The molecule has 0 aliphatic rings. The first kappa shape index (κ1) is 18.1. The smallest absolute Gasteiger partial charge is 0.278 e. The summed E-state index contributed by atoms with van der Waals surface area (Å²) < 4.78 is 50.0. The van der Waals surface area contributed by atoms with Gasteiger partial charge in [0.1, 0.15) is 0 Å². The number of benzene rings is 2. The van der Waals surface area contributed by atoms with Crippen molar-refractivity contribution >= 4 is 53.8 Å². The Kier molecular flexibility index (Phi) is 4.98. The first-order chi connectivity index (χ1) is 11.8. The van der Waals surface area contributed by atoms with Crippen molar-refractivity contribution < 1.29 is 17.2 Å². The van der Waals surface area contributed by atoms with Gasteiger partial charge >= 0.3 is 0 Å². The third-order valence-electron chi connectivity index (χ3n) is 3.61. The van der Waals surface area contributed by atoms with Crippen LogP contribution in [0.15, 0.2) is 58.0 Å². The lowest BCUT2D eigenvalue weighted by Gasteiger charge is -2.28. The number of sulfonamides is 1. The highest BCUT2D eigenvalue weighted by Crippen LogP contribution is 2.37. The van der Waals surface area contributed by atoms with Gasteiger partial charge in [-0.2, -0.15) is 12.8 Å². The molecule has 1 aromatic heterocycles. The zero-order chi connectivity index (χ0) is 18.2. The zero-order valence-corrected chi connectivity index (χ0v) is 16.1. The van der Waals surface area contributed by atoms with Crippen LogP contribution in [0, 0.1) is 6.92 Å². The minimum atomic E-state index is -4.16. The summed E-state index contributed by atoms with van der Waals surface area (Å²) in [5, 5.41) is 0.553. The topological polar surface area (TPSA) is 105 Å². The van der Waals surface area contributed by atoms with E-state index < -0.39 is 21.3 Å². The highest BCUT2D eigenvalue weighted by Gasteiger charge is 2.29. The predicted molar refractivity (Wildman–Crippen MR) is 98.9 cm³/mol. The average molecular weight is 443 g/mol. The summed E-state index contributed by atoms with van der Waals surface area (Å²) in [5.41, 5.74) is 1.48. The van der Waals surface area contributed by atoms with Crippen LogP contribution in [0.5, 0.6) is 0 Å². The van der Waals surface area contributed by atoms with Gasteiger partial charge in [0, 0.05) is 32.8 Å². The fourth-order valence-corrected chi connectivity index (χ4v) is 5.02. The van der Waals surface area contributed by atoms with Gasteiger partial charge in [-0.25, -0.2) is 0 Å². The van der Waals surface area contributed by atoms with Crippen LogP contribution in [-0.2, 0) is 21.3 Å². The molecule has 25 heavy (non-hydrogen) atoms. The Morgan fingerprint density at radius 1 is 1.20 bits per heavy atom. The number of nitrogens with one attached hydrogen (secondary N) is 2. The minimum Gasteiger partial charge on any atom is -0.759 e. The average Bonchev–Trinajstić information content (AvgIpc) is 2.95. The summed E-state index contributed by atoms with van der Waals surface area (Å²) >= 11 is 0.534. The van der Waals surface area contributed by atoms with Gasteiger partial charge < -0.3 is 9.54 Å². The molecule has 1 atom stereocenters. The molecule has 0 fully saturated rings. The van der Waals surface area contributed by atoms with E-state index in [9.17, 15) is 17.2 Å². The molecule has 0 amide bonds. The molecule has 0 spiro atoms. The number of nitrogens with zero attached hydrogens (tertiary/aromatic N) is 1. The maximum atomic E-state index is 13.1. The number of halogens is 1. The summed E-state index contributed by atoms with van der Waals surface area (Å²) in [6, 6.07) is 11.1. The van der Waals surface area contributed by atoms with Crippen molar-refractivity contribution in [1.29, 1.82) is 0 Å². The highest BCUT2D eigenvalue weighted by molar-refractivity contribution is 9.10. The number of hydrogen-bond donors (Lipinski definition) is 2. The number of hydrogen-bond acceptors (Lipinski definition) is 4. The van der Waals surface area contributed by atoms with Crippen LogP contribution in [0.3, 0.4) is 0 Å². The summed E-state index contributed by atoms with van der Waals surface area (Å²) in [6.07, 6.45) is 1.66. The van der Waals surface area contributed by atoms with Crippen molar-refractivity contribution in [2.75, 3.05) is 4.41 Å². The molecule has 132 valence electrons. The van der Waals surface area contributed by atoms with Crippen LogP contribution in [-0.4, -0.2) is 22.2 Å². The number of rotatable bonds is 5. The highest BCUT2D eigenvalue weighted by atomic mass is 79.9. The molecule has 0 saturated carbocycles. The second kappa shape index (κ2) is 6.89. The molecule has 0 radical (unpaired) electrons. The second-order valence-electron chi connectivity index (χ2n) is 5.20. The van der Waals surface area contributed by atoms with E-state index in [1.54, 1.807) is 43.5 Å². The molecule has 3 rings (SSSR count). The van der Waals surface area contributed by atoms with E-state index in [0.717, 1.165) is 0 Å². The van der Waals surface area contributed by atoms with E-state index in [1.165, 1.54) is 12.1 Å². The van der Waals surface area contributed by atoms with Crippen LogP contribution < -0.4 is 9.25 Å². The normalized spacial score (nSPS) is 13.1. The first-order valence-corrected chi connectivity index (χ1v) is 10.4. The number of anilines is 1. The van der Waals surface area contributed by atoms with Crippen LogP contribution in [0.1, 0.15) is 5.56 Å². The molecule has 2 aromatic carbocycles. The summed E-state index contributed by atoms with van der Waals surface area (Å²) in [7, 11) is -4.16. The van der Waals surface area contributed by atoms with E-state index in [0.29, 0.717) is 25.4 Å². The summed E-state index contributed by atoms with van der Waals surface area (Å²) in [6.45, 7) is 1.71. The van der Waals surface area contributed by atoms with E-state index in [2.05, 4.69) is 20.9 Å². The Balaban J connectivity index is 2.30. The number of hydrazine groups is 1. The van der Waals surface area contributed by atoms with E-state index in [1.807, 2.05) is 4.83 Å². The Hall–Kier alpha value is -1.72. The Bertz CT molecular complexity index is 1050. The predicted octanol–water partition coefficient (Wildman–Crippen LogP) is 2.73. The maximum absolute atomic E-state index is 13.1. The van der Waals surface area contributed by atoms with Crippen molar-refractivity contribution in [3.05, 3.63) is 58.7 Å². The molecule has 0 aliphatic heterocycles. The number of fused-ring (bicyclic) bond motifs is 1. The first-order valence-electron chi connectivity index (χ1n) is 7.04. The van der Waals surface area contributed by atoms with Crippen LogP contribution in [0.2, 0.25) is 0 Å². The molecule has 1 heterocycles. The van der Waals surface area contributed by atoms with Gasteiger partial charge in [-0.1, -0.05) is 24.3 Å². The fourth-order valence-electron chi connectivity index (χ4n) is 2.51. The van der Waals surface area contributed by atoms with Crippen molar-refractivity contribution in [2.45, 2.75) is 11.8 Å². The van der Waals surface area contributed by atoms with Crippen molar-refractivity contribution in [3.63, 3.8) is 0 Å². The minimum absolute atomic E-state index is 0.0315. The fraction of sp³-hybridized carbons (Fsp3) is 0.0667. The van der Waals surface area contributed by atoms with Gasteiger partial charge in [0.15, 0.2) is 0 Å². The molecule has 3 aromatic rings. The Labute approximate surface area is 155 Å². The third kappa shape index (κ3) is 3.35. The van der Waals surface area contributed by atoms with Crippen LogP contribution >= 0.6 is 15.9 Å². The second-order valence-corrected chi connectivity index (χ2v) is 8.49. The molecule has 0 aliphatic carbocycles. The van der Waals surface area contributed by atoms with Crippen molar-refractivity contribution in [2.24, 2.45) is 0 Å². The summed E-state index contributed by atoms with van der Waals surface area (Å²) in [5.74, 6) is 0. The number of aromatic nitrogens is 1. The summed E-state index contributed by atoms with van der Waals surface area (Å²) in [4.78, 5) is 4.99.